The second kappa shape index (κ2) is 6.20. The predicted molar refractivity (Wildman–Crippen MR) is 92.0 cm³/mol. The second-order valence-corrected chi connectivity index (χ2v) is 5.42. The first-order valence-electron chi connectivity index (χ1n) is 7.41. The largest absolute Gasteiger partial charge is 0.493 e. The van der Waals surface area contributed by atoms with Crippen molar-refractivity contribution in [2.24, 2.45) is 0 Å². The summed E-state index contributed by atoms with van der Waals surface area (Å²) in [5, 5.41) is 10.2. The number of para-hydroxylation sites is 1. The molecule has 2 aromatic carbocycles. The first-order chi connectivity index (χ1) is 11.5. The van der Waals surface area contributed by atoms with Crippen molar-refractivity contribution in [3.05, 3.63) is 53.6 Å². The number of aromatic nitrogens is 1. The van der Waals surface area contributed by atoms with Gasteiger partial charge in [-0.1, -0.05) is 18.2 Å². The SMILES string of the molecule is COc1cccc(-c2cc(C(=O)O)c3ccc(C)cc3n2)c1OC. The van der Waals surface area contributed by atoms with E-state index in [1.807, 2.05) is 31.2 Å². The number of hydrogen-bond acceptors (Lipinski definition) is 4. The third-order valence-electron chi connectivity index (χ3n) is 3.87. The van der Waals surface area contributed by atoms with Gasteiger partial charge in [-0.3, -0.25) is 0 Å². The van der Waals surface area contributed by atoms with Gasteiger partial charge in [0.1, 0.15) is 0 Å². The van der Waals surface area contributed by atoms with Crippen molar-refractivity contribution in [2.45, 2.75) is 6.92 Å². The number of benzene rings is 2. The number of nitrogens with zero attached hydrogens (tertiary/aromatic N) is 1. The number of aromatic carboxylic acids is 1. The van der Waals surface area contributed by atoms with Gasteiger partial charge < -0.3 is 14.6 Å². The number of aryl methyl sites for hydroxylation is 1. The summed E-state index contributed by atoms with van der Waals surface area (Å²) in [6.45, 7) is 1.94. The van der Waals surface area contributed by atoms with Gasteiger partial charge in [0, 0.05) is 10.9 Å². The fourth-order valence-corrected chi connectivity index (χ4v) is 2.74. The second-order valence-electron chi connectivity index (χ2n) is 5.42. The van der Waals surface area contributed by atoms with Crippen molar-refractivity contribution in [3.8, 4) is 22.8 Å². The number of hydrogen-bond donors (Lipinski definition) is 1. The van der Waals surface area contributed by atoms with E-state index < -0.39 is 5.97 Å². The monoisotopic (exact) mass is 323 g/mol. The molecule has 0 fully saturated rings. The van der Waals surface area contributed by atoms with E-state index in [2.05, 4.69) is 4.98 Å². The lowest BCUT2D eigenvalue weighted by atomic mass is 10.0. The molecule has 1 heterocycles. The van der Waals surface area contributed by atoms with Crippen LogP contribution in [0.3, 0.4) is 0 Å². The minimum atomic E-state index is -0.991. The van der Waals surface area contributed by atoms with Crippen LogP contribution in [0.5, 0.6) is 11.5 Å². The molecule has 0 radical (unpaired) electrons. The average molecular weight is 323 g/mol. The maximum Gasteiger partial charge on any atom is 0.336 e. The van der Waals surface area contributed by atoms with Gasteiger partial charge in [0.2, 0.25) is 0 Å². The maximum absolute atomic E-state index is 11.7. The lowest BCUT2D eigenvalue weighted by molar-refractivity contribution is 0.0699. The first-order valence-corrected chi connectivity index (χ1v) is 7.41. The molecular weight excluding hydrogens is 306 g/mol. The molecule has 0 aliphatic heterocycles. The van der Waals surface area contributed by atoms with Gasteiger partial charge in [-0.2, -0.15) is 0 Å². The number of pyridine rings is 1. The Morgan fingerprint density at radius 3 is 2.54 bits per heavy atom. The number of carboxylic acids is 1. The number of rotatable bonds is 4. The van der Waals surface area contributed by atoms with Crippen molar-refractivity contribution in [2.75, 3.05) is 14.2 Å². The van der Waals surface area contributed by atoms with E-state index in [1.165, 1.54) is 0 Å². The summed E-state index contributed by atoms with van der Waals surface area (Å²) in [5.41, 5.74) is 3.07. The normalized spacial score (nSPS) is 10.6. The summed E-state index contributed by atoms with van der Waals surface area (Å²) in [6.07, 6.45) is 0. The highest BCUT2D eigenvalue weighted by atomic mass is 16.5. The molecule has 0 saturated carbocycles. The molecule has 0 amide bonds. The summed E-state index contributed by atoms with van der Waals surface area (Å²) in [4.78, 5) is 16.3. The van der Waals surface area contributed by atoms with E-state index in [0.717, 1.165) is 5.56 Å². The van der Waals surface area contributed by atoms with E-state index in [0.29, 0.717) is 33.7 Å². The van der Waals surface area contributed by atoms with Gasteiger partial charge >= 0.3 is 5.97 Å². The van der Waals surface area contributed by atoms with Gasteiger partial charge in [-0.05, 0) is 36.8 Å². The zero-order valence-corrected chi connectivity index (χ0v) is 13.7. The highest BCUT2D eigenvalue weighted by molar-refractivity contribution is 6.04. The van der Waals surface area contributed by atoms with Crippen LogP contribution < -0.4 is 9.47 Å². The Labute approximate surface area is 139 Å². The third-order valence-corrected chi connectivity index (χ3v) is 3.87. The minimum absolute atomic E-state index is 0.208. The standard InChI is InChI=1S/C19H17NO4/c1-11-7-8-12-14(19(21)22)10-16(20-15(12)9-11)13-5-4-6-17(23-2)18(13)24-3/h4-10H,1-3H3,(H,21,22). The summed E-state index contributed by atoms with van der Waals surface area (Å²) in [6, 6.07) is 12.5. The number of carbonyl (C=O) groups is 1. The topological polar surface area (TPSA) is 68.7 Å². The minimum Gasteiger partial charge on any atom is -0.493 e. The highest BCUT2D eigenvalue weighted by Gasteiger charge is 2.17. The Morgan fingerprint density at radius 2 is 1.88 bits per heavy atom. The molecule has 3 aromatic rings. The Bertz CT molecular complexity index is 934. The molecule has 1 N–H and O–H groups in total. The van der Waals surface area contributed by atoms with Crippen molar-refractivity contribution >= 4 is 16.9 Å². The Balaban J connectivity index is 2.33. The van der Waals surface area contributed by atoms with Crippen LogP contribution in [-0.4, -0.2) is 30.3 Å². The summed E-state index contributed by atoms with van der Waals surface area (Å²) in [5.74, 6) is 0.100. The van der Waals surface area contributed by atoms with E-state index >= 15 is 0 Å². The molecule has 5 heteroatoms. The molecular formula is C19H17NO4. The van der Waals surface area contributed by atoms with Crippen molar-refractivity contribution in [3.63, 3.8) is 0 Å². The van der Waals surface area contributed by atoms with Crippen LogP contribution in [-0.2, 0) is 0 Å². The fraction of sp³-hybridized carbons (Fsp3) is 0.158. The molecule has 24 heavy (non-hydrogen) atoms. The number of fused-ring (bicyclic) bond motifs is 1. The van der Waals surface area contributed by atoms with Crippen molar-refractivity contribution < 1.29 is 19.4 Å². The molecule has 0 spiro atoms. The molecule has 1 aromatic heterocycles. The summed E-state index contributed by atoms with van der Waals surface area (Å²) in [7, 11) is 3.10. The molecule has 0 atom stereocenters. The lowest BCUT2D eigenvalue weighted by Crippen LogP contribution is -2.01. The molecule has 0 saturated heterocycles. The van der Waals surface area contributed by atoms with Crippen LogP contribution in [0.4, 0.5) is 0 Å². The molecule has 5 nitrogen and oxygen atoms in total. The van der Waals surface area contributed by atoms with E-state index in [-0.39, 0.29) is 5.56 Å². The fourth-order valence-electron chi connectivity index (χ4n) is 2.74. The maximum atomic E-state index is 11.7. The summed E-state index contributed by atoms with van der Waals surface area (Å²) >= 11 is 0. The Morgan fingerprint density at radius 1 is 1.08 bits per heavy atom. The van der Waals surface area contributed by atoms with Crippen LogP contribution in [0.15, 0.2) is 42.5 Å². The highest BCUT2D eigenvalue weighted by Crippen LogP contribution is 2.38. The van der Waals surface area contributed by atoms with Crippen LogP contribution >= 0.6 is 0 Å². The van der Waals surface area contributed by atoms with Gasteiger partial charge in [0.15, 0.2) is 11.5 Å². The predicted octanol–water partition coefficient (Wildman–Crippen LogP) is 3.93. The van der Waals surface area contributed by atoms with Crippen LogP contribution in [0.1, 0.15) is 15.9 Å². The zero-order chi connectivity index (χ0) is 17.3. The molecule has 0 aliphatic carbocycles. The molecule has 0 unspecified atom stereocenters. The van der Waals surface area contributed by atoms with E-state index in [9.17, 15) is 9.90 Å². The number of methoxy groups -OCH3 is 2. The Hall–Kier alpha value is -3.08. The zero-order valence-electron chi connectivity index (χ0n) is 13.7. The molecule has 122 valence electrons. The van der Waals surface area contributed by atoms with Gasteiger partial charge in [-0.25, -0.2) is 9.78 Å². The lowest BCUT2D eigenvalue weighted by Gasteiger charge is -2.13. The van der Waals surface area contributed by atoms with Gasteiger partial charge in [0.25, 0.3) is 0 Å². The third kappa shape index (κ3) is 2.65. The van der Waals surface area contributed by atoms with Crippen molar-refractivity contribution in [1.29, 1.82) is 0 Å². The van der Waals surface area contributed by atoms with Crippen LogP contribution in [0, 0.1) is 6.92 Å². The van der Waals surface area contributed by atoms with Crippen LogP contribution in [0.25, 0.3) is 22.2 Å². The number of ether oxygens (including phenoxy) is 2. The molecule has 3 rings (SSSR count). The van der Waals surface area contributed by atoms with E-state index in [1.54, 1.807) is 32.4 Å². The summed E-state index contributed by atoms with van der Waals surface area (Å²) < 4.78 is 10.8. The smallest absolute Gasteiger partial charge is 0.336 e. The van der Waals surface area contributed by atoms with Crippen LogP contribution in [0.2, 0.25) is 0 Å². The number of carboxylic acid groups (broad SMARTS) is 1. The first kappa shape index (κ1) is 15.8. The average Bonchev–Trinajstić information content (AvgIpc) is 2.59. The molecule has 0 aliphatic rings. The molecule has 0 bridgehead atoms. The Kier molecular flexibility index (Phi) is 4.08. The van der Waals surface area contributed by atoms with Gasteiger partial charge in [0.05, 0.1) is 31.0 Å². The van der Waals surface area contributed by atoms with Crippen molar-refractivity contribution in [1.82, 2.24) is 4.98 Å². The van der Waals surface area contributed by atoms with E-state index in [4.69, 9.17) is 9.47 Å². The quantitative estimate of drug-likeness (QED) is 0.788. The van der Waals surface area contributed by atoms with Gasteiger partial charge in [-0.15, -0.1) is 0 Å².